The van der Waals surface area contributed by atoms with Crippen LogP contribution in [0.15, 0.2) is 42.5 Å². The van der Waals surface area contributed by atoms with E-state index in [9.17, 15) is 13.9 Å². The SMILES string of the molecule is CN1c2ccc(C(=O)CCCCNCCc3ccccc3Cl)cc2N(C)S1(O)O.Cl. The predicted molar refractivity (Wildman–Crippen MR) is 130 cm³/mol. The highest BCUT2D eigenvalue weighted by atomic mass is 35.5. The van der Waals surface area contributed by atoms with Crippen molar-refractivity contribution in [2.45, 2.75) is 25.7 Å². The third-order valence-corrected chi connectivity index (χ3v) is 7.48. The number of carbonyl (C=O) groups excluding carboxylic acids is 1. The summed E-state index contributed by atoms with van der Waals surface area (Å²) in [6, 6.07) is 13.1. The van der Waals surface area contributed by atoms with Gasteiger partial charge >= 0.3 is 0 Å². The van der Waals surface area contributed by atoms with E-state index in [4.69, 9.17) is 11.6 Å². The summed E-state index contributed by atoms with van der Waals surface area (Å²) in [5.41, 5.74) is 3.12. The highest BCUT2D eigenvalue weighted by Gasteiger charge is 2.36. The van der Waals surface area contributed by atoms with E-state index in [2.05, 4.69) is 5.32 Å². The molecule has 0 spiro atoms. The van der Waals surface area contributed by atoms with Crippen LogP contribution in [0.1, 0.15) is 35.2 Å². The predicted octanol–water partition coefficient (Wildman–Crippen LogP) is 5.41. The lowest BCUT2D eigenvalue weighted by Gasteiger charge is -2.40. The number of nitrogens with zero attached hydrogens (tertiary/aromatic N) is 2. The molecule has 0 unspecified atom stereocenters. The molecule has 166 valence electrons. The van der Waals surface area contributed by atoms with Crippen LogP contribution in [0.3, 0.4) is 0 Å². The van der Waals surface area contributed by atoms with Crippen molar-refractivity contribution in [3.05, 3.63) is 58.6 Å². The topological polar surface area (TPSA) is 76.0 Å². The molecule has 6 nitrogen and oxygen atoms in total. The minimum Gasteiger partial charge on any atom is -0.316 e. The molecule has 0 atom stereocenters. The van der Waals surface area contributed by atoms with Gasteiger partial charge in [-0.05, 0) is 73.1 Å². The third-order valence-electron chi connectivity index (χ3n) is 5.25. The maximum Gasteiger partial charge on any atom is 0.162 e. The van der Waals surface area contributed by atoms with Crippen molar-refractivity contribution < 1.29 is 13.9 Å². The van der Waals surface area contributed by atoms with E-state index in [0.29, 0.717) is 23.4 Å². The van der Waals surface area contributed by atoms with Gasteiger partial charge in [0.1, 0.15) is 0 Å². The van der Waals surface area contributed by atoms with Gasteiger partial charge in [0, 0.05) is 31.1 Å². The van der Waals surface area contributed by atoms with E-state index in [-0.39, 0.29) is 18.2 Å². The number of halogens is 2. The van der Waals surface area contributed by atoms with E-state index in [1.165, 1.54) is 8.61 Å². The molecular weight excluding hydrogens is 445 g/mol. The Labute approximate surface area is 191 Å². The number of hydrogen-bond donors (Lipinski definition) is 3. The van der Waals surface area contributed by atoms with Crippen LogP contribution in [0.5, 0.6) is 0 Å². The zero-order valence-electron chi connectivity index (χ0n) is 17.2. The van der Waals surface area contributed by atoms with Gasteiger partial charge < -0.3 is 5.32 Å². The molecule has 30 heavy (non-hydrogen) atoms. The number of nitrogens with one attached hydrogen (secondary N) is 1. The summed E-state index contributed by atoms with van der Waals surface area (Å²) >= 11 is 6.15. The molecule has 0 aromatic heterocycles. The molecule has 3 rings (SSSR count). The summed E-state index contributed by atoms with van der Waals surface area (Å²) in [5.74, 6) is 0.0725. The van der Waals surface area contributed by atoms with Crippen LogP contribution in [-0.2, 0) is 6.42 Å². The average molecular weight is 474 g/mol. The first-order chi connectivity index (χ1) is 13.8. The Morgan fingerprint density at radius 2 is 1.73 bits per heavy atom. The quantitative estimate of drug-likeness (QED) is 0.333. The smallest absolute Gasteiger partial charge is 0.162 e. The van der Waals surface area contributed by atoms with Crippen molar-refractivity contribution in [3.8, 4) is 0 Å². The molecule has 0 saturated heterocycles. The maximum absolute atomic E-state index is 12.5. The van der Waals surface area contributed by atoms with Crippen molar-refractivity contribution in [1.29, 1.82) is 0 Å². The first-order valence-electron chi connectivity index (χ1n) is 9.69. The van der Waals surface area contributed by atoms with Gasteiger partial charge in [0.25, 0.3) is 0 Å². The first kappa shape index (κ1) is 24.8. The zero-order valence-corrected chi connectivity index (χ0v) is 19.6. The van der Waals surface area contributed by atoms with Gasteiger partial charge in [-0.25, -0.2) is 0 Å². The van der Waals surface area contributed by atoms with E-state index in [0.717, 1.165) is 42.9 Å². The van der Waals surface area contributed by atoms with E-state index < -0.39 is 11.0 Å². The van der Waals surface area contributed by atoms with Crippen molar-refractivity contribution >= 4 is 52.1 Å². The van der Waals surface area contributed by atoms with E-state index in [1.807, 2.05) is 24.3 Å². The van der Waals surface area contributed by atoms with Crippen LogP contribution in [0.25, 0.3) is 0 Å². The highest BCUT2D eigenvalue weighted by Crippen LogP contribution is 2.59. The minimum absolute atomic E-state index is 0. The molecule has 0 fully saturated rings. The fourth-order valence-electron chi connectivity index (χ4n) is 3.39. The average Bonchev–Trinajstić information content (AvgIpc) is 2.88. The molecule has 1 aliphatic heterocycles. The molecule has 0 radical (unpaired) electrons. The third kappa shape index (κ3) is 5.41. The van der Waals surface area contributed by atoms with E-state index >= 15 is 0 Å². The summed E-state index contributed by atoms with van der Waals surface area (Å²) in [6.45, 7) is 1.71. The number of rotatable bonds is 9. The monoisotopic (exact) mass is 473 g/mol. The van der Waals surface area contributed by atoms with Gasteiger partial charge in [-0.15, -0.1) is 12.4 Å². The van der Waals surface area contributed by atoms with Gasteiger partial charge in [-0.3, -0.25) is 22.5 Å². The second-order valence-corrected chi connectivity index (χ2v) is 9.64. The molecule has 1 aliphatic rings. The molecule has 3 N–H and O–H groups in total. The van der Waals surface area contributed by atoms with Gasteiger partial charge in [0.05, 0.1) is 11.4 Å². The van der Waals surface area contributed by atoms with Crippen molar-refractivity contribution in [1.82, 2.24) is 5.32 Å². The Bertz CT molecular complexity index is 882. The Hall–Kier alpha value is -1.48. The number of hydrogen-bond acceptors (Lipinski definition) is 6. The van der Waals surface area contributed by atoms with Crippen LogP contribution in [0.4, 0.5) is 11.4 Å². The van der Waals surface area contributed by atoms with Crippen molar-refractivity contribution in [3.63, 3.8) is 0 Å². The molecule has 2 aromatic carbocycles. The molecule has 9 heteroatoms. The minimum atomic E-state index is -3.02. The van der Waals surface area contributed by atoms with Gasteiger partial charge in [-0.1, -0.05) is 29.8 Å². The molecule has 0 bridgehead atoms. The number of Topliss-reactive ketones (excluding diaryl/α,β-unsaturated/α-hetero) is 1. The number of ketones is 1. The Morgan fingerprint density at radius 3 is 2.47 bits per heavy atom. The van der Waals surface area contributed by atoms with Crippen LogP contribution >= 0.6 is 35.0 Å². The van der Waals surface area contributed by atoms with Crippen molar-refractivity contribution in [2.24, 2.45) is 0 Å². The summed E-state index contributed by atoms with van der Waals surface area (Å²) in [5, 5.41) is 4.19. The van der Waals surface area contributed by atoms with Gasteiger partial charge in [-0.2, -0.15) is 0 Å². The van der Waals surface area contributed by atoms with Crippen LogP contribution in [-0.4, -0.2) is 42.1 Å². The second-order valence-electron chi connectivity index (χ2n) is 7.16. The fourth-order valence-corrected chi connectivity index (χ4v) is 4.82. The lowest BCUT2D eigenvalue weighted by atomic mass is 10.0. The fraction of sp³-hybridized carbons (Fsp3) is 0.381. The maximum atomic E-state index is 12.5. The summed E-state index contributed by atoms with van der Waals surface area (Å²) in [7, 11) is 0.243. The number of anilines is 2. The number of carbonyl (C=O) groups is 1. The summed E-state index contributed by atoms with van der Waals surface area (Å²) in [4.78, 5) is 12.5. The molecular formula is C21H29Cl2N3O3S. The molecule has 0 aliphatic carbocycles. The normalized spacial score (nSPS) is 15.5. The molecule has 0 saturated carbocycles. The van der Waals surface area contributed by atoms with Crippen LogP contribution < -0.4 is 13.9 Å². The van der Waals surface area contributed by atoms with Gasteiger partial charge in [0.2, 0.25) is 0 Å². The zero-order chi connectivity index (χ0) is 21.0. The first-order valence-corrected chi connectivity index (χ1v) is 11.5. The summed E-state index contributed by atoms with van der Waals surface area (Å²) in [6.07, 6.45) is 3.08. The van der Waals surface area contributed by atoms with Crippen LogP contribution in [0, 0.1) is 0 Å². The van der Waals surface area contributed by atoms with E-state index in [1.54, 1.807) is 32.3 Å². The second kappa shape index (κ2) is 10.7. The molecule has 0 amide bonds. The lowest BCUT2D eigenvalue weighted by Crippen LogP contribution is -2.28. The van der Waals surface area contributed by atoms with Crippen LogP contribution in [0.2, 0.25) is 5.02 Å². The Kier molecular flexibility index (Phi) is 8.85. The largest absolute Gasteiger partial charge is 0.316 e. The standard InChI is InChI=1S/C21H28ClN3O3S.ClH/c1-24-19-11-10-17(15-20(19)25(2)29(24,27)28)21(26)9-5-6-13-23-14-12-16-7-3-4-8-18(16)22;/h3-4,7-8,10-11,15,23,27-28H,5-6,9,12-14H2,1-2H3;1H. The molecule has 1 heterocycles. The Morgan fingerprint density at radius 1 is 1.03 bits per heavy atom. The van der Waals surface area contributed by atoms with Crippen molar-refractivity contribution in [2.75, 3.05) is 35.8 Å². The Balaban J connectivity index is 0.00000320. The summed E-state index contributed by atoms with van der Waals surface area (Å²) < 4.78 is 23.3. The molecule has 2 aromatic rings. The number of unbranched alkanes of at least 4 members (excludes halogenated alkanes) is 1. The highest BCUT2D eigenvalue weighted by molar-refractivity contribution is 8.26. The van der Waals surface area contributed by atoms with Gasteiger partial charge in [0.15, 0.2) is 5.78 Å². The lowest BCUT2D eigenvalue weighted by molar-refractivity contribution is 0.0979. The number of fused-ring (bicyclic) bond motifs is 1. The number of benzene rings is 2.